The summed E-state index contributed by atoms with van der Waals surface area (Å²) in [5.74, 6) is 0.0295. The molecule has 1 amide bonds. The second-order valence-electron chi connectivity index (χ2n) is 8.02. The van der Waals surface area contributed by atoms with E-state index in [1.54, 1.807) is 43.3 Å². The number of amides is 1. The standard InChI is InChI=1S/C25H27ClN2O6S2/c1-4-34-22-11-9-21(10-12-22)28(36(32,33)24-15-7-20(26)8-16-24)17-25(29)27-18(2)19-5-13-23(14-6-19)35(3,30)31/h5-16,18H,4,17H2,1-3H3,(H,27,29). The highest BCUT2D eigenvalue weighted by molar-refractivity contribution is 7.93. The van der Waals surface area contributed by atoms with Gasteiger partial charge in [-0.05, 0) is 80.1 Å². The molecule has 0 fully saturated rings. The highest BCUT2D eigenvalue weighted by Gasteiger charge is 2.28. The van der Waals surface area contributed by atoms with Crippen LogP contribution in [-0.2, 0) is 24.7 Å². The Bertz CT molecular complexity index is 1410. The molecule has 0 saturated heterocycles. The minimum absolute atomic E-state index is 0.0157. The van der Waals surface area contributed by atoms with Crippen molar-refractivity contribution in [2.24, 2.45) is 0 Å². The third-order valence-electron chi connectivity index (χ3n) is 5.31. The van der Waals surface area contributed by atoms with Gasteiger partial charge in [-0.1, -0.05) is 23.7 Å². The highest BCUT2D eigenvalue weighted by atomic mass is 35.5. The number of carbonyl (C=O) groups excluding carboxylic acids is 1. The first-order chi connectivity index (χ1) is 16.9. The summed E-state index contributed by atoms with van der Waals surface area (Å²) in [5.41, 5.74) is 0.956. The van der Waals surface area contributed by atoms with Gasteiger partial charge in [-0.15, -0.1) is 0 Å². The van der Waals surface area contributed by atoms with Crippen LogP contribution in [0.5, 0.6) is 5.75 Å². The topological polar surface area (TPSA) is 110 Å². The van der Waals surface area contributed by atoms with Crippen molar-refractivity contribution >= 4 is 43.1 Å². The Hall–Kier alpha value is -3.08. The number of hydrogen-bond acceptors (Lipinski definition) is 6. The summed E-state index contributed by atoms with van der Waals surface area (Å²) in [6, 6.07) is 17.7. The van der Waals surface area contributed by atoms with Crippen LogP contribution in [0.15, 0.2) is 82.6 Å². The van der Waals surface area contributed by atoms with Gasteiger partial charge in [0.25, 0.3) is 10.0 Å². The molecule has 3 aromatic rings. The number of sulfone groups is 1. The fourth-order valence-electron chi connectivity index (χ4n) is 3.43. The van der Waals surface area contributed by atoms with Gasteiger partial charge in [-0.3, -0.25) is 9.10 Å². The second kappa shape index (κ2) is 11.3. The zero-order chi connectivity index (χ0) is 26.5. The maximum Gasteiger partial charge on any atom is 0.264 e. The van der Waals surface area contributed by atoms with Crippen molar-refractivity contribution in [2.45, 2.75) is 29.7 Å². The van der Waals surface area contributed by atoms with E-state index in [1.165, 1.54) is 36.4 Å². The molecular weight excluding hydrogens is 524 g/mol. The zero-order valence-corrected chi connectivity index (χ0v) is 22.4. The van der Waals surface area contributed by atoms with Crippen LogP contribution in [-0.4, -0.2) is 42.2 Å². The Kier molecular flexibility index (Phi) is 8.65. The first-order valence-corrected chi connectivity index (χ1v) is 14.7. The molecule has 192 valence electrons. The Labute approximate surface area is 216 Å². The molecule has 0 saturated carbocycles. The maximum absolute atomic E-state index is 13.5. The lowest BCUT2D eigenvalue weighted by Crippen LogP contribution is -2.41. The molecule has 0 aliphatic rings. The summed E-state index contributed by atoms with van der Waals surface area (Å²) < 4.78 is 56.8. The Morgan fingerprint density at radius 3 is 2.00 bits per heavy atom. The SMILES string of the molecule is CCOc1ccc(N(CC(=O)NC(C)c2ccc(S(C)(=O)=O)cc2)S(=O)(=O)c2ccc(Cl)cc2)cc1. The van der Waals surface area contributed by atoms with Gasteiger partial charge in [-0.2, -0.15) is 0 Å². The number of nitrogens with zero attached hydrogens (tertiary/aromatic N) is 1. The molecule has 1 atom stereocenters. The third-order valence-corrected chi connectivity index (χ3v) is 8.48. The Morgan fingerprint density at radius 1 is 0.917 bits per heavy atom. The second-order valence-corrected chi connectivity index (χ2v) is 12.3. The molecule has 0 radical (unpaired) electrons. The molecule has 1 unspecified atom stereocenters. The summed E-state index contributed by atoms with van der Waals surface area (Å²) in [4.78, 5) is 13.1. The molecule has 0 bridgehead atoms. The van der Waals surface area contributed by atoms with Gasteiger partial charge >= 0.3 is 0 Å². The van der Waals surface area contributed by atoms with E-state index in [0.29, 0.717) is 22.9 Å². The van der Waals surface area contributed by atoms with Crippen LogP contribution in [0.4, 0.5) is 5.69 Å². The van der Waals surface area contributed by atoms with Crippen molar-refractivity contribution in [1.29, 1.82) is 0 Å². The van der Waals surface area contributed by atoms with E-state index < -0.39 is 38.4 Å². The van der Waals surface area contributed by atoms with Crippen molar-refractivity contribution in [3.8, 4) is 5.75 Å². The van der Waals surface area contributed by atoms with Crippen molar-refractivity contribution in [2.75, 3.05) is 23.7 Å². The number of ether oxygens (including phenoxy) is 1. The van der Waals surface area contributed by atoms with Crippen LogP contribution in [0.1, 0.15) is 25.5 Å². The number of halogens is 1. The van der Waals surface area contributed by atoms with Crippen LogP contribution < -0.4 is 14.4 Å². The molecule has 3 aromatic carbocycles. The largest absolute Gasteiger partial charge is 0.494 e. The maximum atomic E-state index is 13.5. The summed E-state index contributed by atoms with van der Waals surface area (Å²) in [6.07, 6.45) is 1.11. The molecular formula is C25H27ClN2O6S2. The van der Waals surface area contributed by atoms with Gasteiger partial charge in [0.1, 0.15) is 12.3 Å². The third kappa shape index (κ3) is 6.77. The average Bonchev–Trinajstić information content (AvgIpc) is 2.83. The van der Waals surface area contributed by atoms with Gasteiger partial charge in [-0.25, -0.2) is 16.8 Å². The first-order valence-electron chi connectivity index (χ1n) is 11.0. The van der Waals surface area contributed by atoms with Crippen LogP contribution in [0.2, 0.25) is 5.02 Å². The number of sulfonamides is 1. The molecule has 0 aromatic heterocycles. The molecule has 11 heteroatoms. The number of benzene rings is 3. The molecule has 0 aliphatic heterocycles. The Morgan fingerprint density at radius 2 is 1.47 bits per heavy atom. The van der Waals surface area contributed by atoms with E-state index in [4.69, 9.17) is 16.3 Å². The normalized spacial score (nSPS) is 12.6. The lowest BCUT2D eigenvalue weighted by molar-refractivity contribution is -0.120. The van der Waals surface area contributed by atoms with Crippen LogP contribution in [0.3, 0.4) is 0 Å². The van der Waals surface area contributed by atoms with Crippen LogP contribution in [0, 0.1) is 0 Å². The fraction of sp³-hybridized carbons (Fsp3) is 0.240. The molecule has 0 heterocycles. The lowest BCUT2D eigenvalue weighted by atomic mass is 10.1. The minimum atomic E-state index is -4.11. The predicted molar refractivity (Wildman–Crippen MR) is 140 cm³/mol. The number of anilines is 1. The minimum Gasteiger partial charge on any atom is -0.494 e. The number of hydrogen-bond donors (Lipinski definition) is 1. The monoisotopic (exact) mass is 550 g/mol. The number of rotatable bonds is 10. The van der Waals surface area contributed by atoms with Crippen molar-refractivity contribution < 1.29 is 26.4 Å². The van der Waals surface area contributed by atoms with Gasteiger partial charge in [0, 0.05) is 11.3 Å². The summed E-state index contributed by atoms with van der Waals surface area (Å²) >= 11 is 5.92. The predicted octanol–water partition coefficient (Wildman–Crippen LogP) is 4.21. The van der Waals surface area contributed by atoms with Gasteiger partial charge in [0.05, 0.1) is 28.1 Å². The smallest absolute Gasteiger partial charge is 0.264 e. The number of nitrogens with one attached hydrogen (secondary N) is 1. The summed E-state index contributed by atoms with van der Waals surface area (Å²) in [5, 5.41) is 3.16. The van der Waals surface area contributed by atoms with Crippen molar-refractivity contribution in [3.63, 3.8) is 0 Å². The van der Waals surface area contributed by atoms with Crippen LogP contribution >= 0.6 is 11.6 Å². The van der Waals surface area contributed by atoms with E-state index in [9.17, 15) is 21.6 Å². The lowest BCUT2D eigenvalue weighted by Gasteiger charge is -2.25. The molecule has 36 heavy (non-hydrogen) atoms. The van der Waals surface area contributed by atoms with Gasteiger partial charge in [0.2, 0.25) is 5.91 Å². The molecule has 1 N–H and O–H groups in total. The average molecular weight is 551 g/mol. The van der Waals surface area contributed by atoms with Crippen molar-refractivity contribution in [1.82, 2.24) is 5.32 Å². The van der Waals surface area contributed by atoms with Gasteiger partial charge < -0.3 is 10.1 Å². The quantitative estimate of drug-likeness (QED) is 0.405. The summed E-state index contributed by atoms with van der Waals surface area (Å²) in [7, 11) is -7.45. The zero-order valence-electron chi connectivity index (χ0n) is 20.0. The molecule has 0 aliphatic carbocycles. The molecule has 0 spiro atoms. The molecule has 3 rings (SSSR count). The first kappa shape index (κ1) is 27.5. The van der Waals surface area contributed by atoms with E-state index in [-0.39, 0.29) is 15.5 Å². The van der Waals surface area contributed by atoms with E-state index >= 15 is 0 Å². The number of carbonyl (C=O) groups is 1. The summed E-state index contributed by atoms with van der Waals surface area (Å²) in [6.45, 7) is 3.54. The van der Waals surface area contributed by atoms with E-state index in [0.717, 1.165) is 10.6 Å². The van der Waals surface area contributed by atoms with E-state index in [1.807, 2.05) is 6.92 Å². The van der Waals surface area contributed by atoms with Gasteiger partial charge in [0.15, 0.2) is 9.84 Å². The van der Waals surface area contributed by atoms with Crippen molar-refractivity contribution in [3.05, 3.63) is 83.4 Å². The van der Waals surface area contributed by atoms with E-state index in [2.05, 4.69) is 5.32 Å². The van der Waals surface area contributed by atoms with Crippen LogP contribution in [0.25, 0.3) is 0 Å². The fourth-order valence-corrected chi connectivity index (χ4v) is 5.61. The Balaban J connectivity index is 1.86. The highest BCUT2D eigenvalue weighted by Crippen LogP contribution is 2.27. The molecule has 8 nitrogen and oxygen atoms in total.